The van der Waals surface area contributed by atoms with Crippen molar-refractivity contribution >= 4 is 36.9 Å². The summed E-state index contributed by atoms with van der Waals surface area (Å²) in [5.41, 5.74) is 0. The van der Waals surface area contributed by atoms with Crippen molar-refractivity contribution in [2.24, 2.45) is 0 Å². The second kappa shape index (κ2) is 9.68. The van der Waals surface area contributed by atoms with Gasteiger partial charge in [-0.3, -0.25) is 0 Å². The molecule has 0 nitrogen and oxygen atoms in total. The van der Waals surface area contributed by atoms with Gasteiger partial charge >= 0.3 is 0 Å². The zero-order valence-electron chi connectivity index (χ0n) is 19.3. The van der Waals surface area contributed by atoms with E-state index in [2.05, 4.69) is 147 Å². The molecule has 0 heterocycles. The van der Waals surface area contributed by atoms with E-state index in [0.717, 1.165) is 6.42 Å². The van der Waals surface area contributed by atoms with Crippen LogP contribution in [0.4, 0.5) is 0 Å². The molecule has 4 aromatic carbocycles. The normalized spacial score (nSPS) is 11.7. The fraction of sp³-hybridized carbons (Fsp3) is 0.133. The molecule has 4 rings (SSSR count). The summed E-state index contributed by atoms with van der Waals surface area (Å²) >= 11 is 0. The topological polar surface area (TPSA) is 0 Å². The molecule has 0 bridgehead atoms. The third-order valence-corrected chi connectivity index (χ3v) is 18.4. The number of benzene rings is 4. The lowest BCUT2D eigenvalue weighted by atomic mass is 10.4. The molecule has 0 saturated carbocycles. The first-order valence-electron chi connectivity index (χ1n) is 11.5. The Bertz CT molecular complexity index is 981. The third kappa shape index (κ3) is 3.97. The van der Waals surface area contributed by atoms with Gasteiger partial charge in [-0.15, -0.1) is 0 Å². The molecule has 0 aliphatic carbocycles. The van der Waals surface area contributed by atoms with Crippen LogP contribution >= 0.6 is 0 Å². The van der Waals surface area contributed by atoms with Crippen LogP contribution in [0.1, 0.15) is 13.3 Å². The first-order chi connectivity index (χ1) is 15.6. The van der Waals surface area contributed by atoms with E-state index in [9.17, 15) is 0 Å². The largest absolute Gasteiger partial charge is 0.138 e. The van der Waals surface area contributed by atoms with Gasteiger partial charge in [0.2, 0.25) is 0 Å². The van der Waals surface area contributed by atoms with Crippen molar-refractivity contribution in [3.63, 3.8) is 0 Å². The first-order valence-corrected chi connectivity index (χ1v) is 16.5. The van der Waals surface area contributed by atoms with E-state index in [-0.39, 0.29) is 0 Å². The Kier molecular flexibility index (Phi) is 6.73. The van der Waals surface area contributed by atoms with Gasteiger partial charge in [0.25, 0.3) is 0 Å². The van der Waals surface area contributed by atoms with Crippen LogP contribution in [0.2, 0.25) is 13.1 Å². The molecule has 0 unspecified atom stereocenters. The molecule has 0 spiro atoms. The summed E-state index contributed by atoms with van der Waals surface area (Å²) in [5, 5.41) is 5.93. The quantitative estimate of drug-likeness (QED) is 0.341. The first kappa shape index (κ1) is 22.3. The average Bonchev–Trinajstić information content (AvgIpc) is 2.88. The second-order valence-corrected chi connectivity index (χ2v) is 17.1. The Hall–Kier alpha value is -2.95. The van der Waals surface area contributed by atoms with E-state index in [1.165, 1.54) is 20.7 Å². The van der Waals surface area contributed by atoms with Gasteiger partial charge in [-0.1, -0.05) is 173 Å². The van der Waals surface area contributed by atoms with Crippen molar-refractivity contribution in [1.29, 1.82) is 0 Å². The number of rotatable bonds is 7. The average molecular weight is 449 g/mol. The van der Waals surface area contributed by atoms with Crippen LogP contribution in [0.3, 0.4) is 0 Å². The highest BCUT2D eigenvalue weighted by atomic mass is 28.4. The molecule has 32 heavy (non-hydrogen) atoms. The van der Waals surface area contributed by atoms with Gasteiger partial charge in [0, 0.05) is 0 Å². The lowest BCUT2D eigenvalue weighted by molar-refractivity contribution is 1.22. The summed E-state index contributed by atoms with van der Waals surface area (Å²) in [4.78, 5) is 1.68. The van der Waals surface area contributed by atoms with Gasteiger partial charge in [-0.25, -0.2) is 0 Å². The van der Waals surface area contributed by atoms with Crippen molar-refractivity contribution in [3.8, 4) is 0 Å². The van der Waals surface area contributed by atoms with Crippen LogP contribution < -0.4 is 20.7 Å². The third-order valence-electron chi connectivity index (χ3n) is 6.89. The zero-order chi connectivity index (χ0) is 22.4. The van der Waals surface area contributed by atoms with Gasteiger partial charge in [0.05, 0.1) is 0 Å². The zero-order valence-corrected chi connectivity index (χ0v) is 21.3. The predicted octanol–water partition coefficient (Wildman–Crippen LogP) is 5.19. The van der Waals surface area contributed by atoms with Gasteiger partial charge in [0.1, 0.15) is 16.1 Å². The van der Waals surface area contributed by atoms with Gasteiger partial charge < -0.3 is 0 Å². The molecule has 0 amide bonds. The number of allylic oxidation sites excluding steroid dienone is 1. The molecular weight excluding hydrogens is 417 g/mol. The fourth-order valence-corrected chi connectivity index (χ4v) is 17.5. The maximum atomic E-state index is 2.58. The van der Waals surface area contributed by atoms with Crippen molar-refractivity contribution in [2.75, 3.05) is 0 Å². The molecule has 0 aromatic heterocycles. The summed E-state index contributed by atoms with van der Waals surface area (Å²) in [7, 11) is -4.46. The standard InChI is InChI=1S/C30H32Si2/c1-4-17-30(31(2,26-18-9-5-10-19-26)27-20-11-6-12-21-27)32(3,28-22-13-7-14-23-28)29-24-15-8-16-25-29/h5-25H,4H2,1-3H3. The Morgan fingerprint density at radius 1 is 0.500 bits per heavy atom. The summed E-state index contributed by atoms with van der Waals surface area (Å²) in [5.74, 6) is 0. The Morgan fingerprint density at radius 3 is 0.969 bits per heavy atom. The minimum absolute atomic E-state index is 1.04. The van der Waals surface area contributed by atoms with E-state index in [1.807, 2.05) is 0 Å². The van der Waals surface area contributed by atoms with Crippen LogP contribution in [0.5, 0.6) is 0 Å². The number of hydrogen-bond donors (Lipinski definition) is 0. The fourth-order valence-electron chi connectivity index (χ4n) is 5.15. The van der Waals surface area contributed by atoms with Crippen LogP contribution in [-0.2, 0) is 0 Å². The molecule has 2 heteroatoms. The van der Waals surface area contributed by atoms with Gasteiger partial charge in [-0.2, -0.15) is 0 Å². The minimum atomic E-state index is -2.23. The summed E-state index contributed by atoms with van der Waals surface area (Å²) in [6, 6.07) is 45.0. The van der Waals surface area contributed by atoms with Crippen LogP contribution in [0.25, 0.3) is 0 Å². The SMILES string of the molecule is CCC=C([Si](C)(c1ccccc1)c1ccccc1)[Si](C)(c1ccccc1)c1ccccc1. The molecule has 0 N–H and O–H groups in total. The molecule has 0 atom stereocenters. The summed E-state index contributed by atoms with van der Waals surface area (Å²) in [6.07, 6.45) is 3.62. The Balaban J connectivity index is 2.08. The number of hydrogen-bond acceptors (Lipinski definition) is 0. The maximum absolute atomic E-state index is 2.58. The van der Waals surface area contributed by atoms with E-state index in [4.69, 9.17) is 0 Å². The smallest absolute Gasteiger partial charge is 0.0919 e. The lowest BCUT2D eigenvalue weighted by Crippen LogP contribution is -2.70. The van der Waals surface area contributed by atoms with Crippen molar-refractivity contribution in [1.82, 2.24) is 0 Å². The van der Waals surface area contributed by atoms with Crippen LogP contribution in [0, 0.1) is 0 Å². The van der Waals surface area contributed by atoms with Crippen LogP contribution in [-0.4, -0.2) is 16.1 Å². The van der Waals surface area contributed by atoms with E-state index in [1.54, 1.807) is 4.82 Å². The molecular formula is C30H32Si2. The van der Waals surface area contributed by atoms with Crippen molar-refractivity contribution in [2.45, 2.75) is 26.4 Å². The maximum Gasteiger partial charge on any atom is 0.138 e. The van der Waals surface area contributed by atoms with Crippen LogP contribution in [0.15, 0.2) is 132 Å². The Labute approximate surface area is 195 Å². The highest BCUT2D eigenvalue weighted by Crippen LogP contribution is 2.27. The summed E-state index contributed by atoms with van der Waals surface area (Å²) < 4.78 is 0. The monoisotopic (exact) mass is 448 g/mol. The van der Waals surface area contributed by atoms with Crippen molar-refractivity contribution < 1.29 is 0 Å². The van der Waals surface area contributed by atoms with Gasteiger partial charge in [0.15, 0.2) is 0 Å². The molecule has 0 radical (unpaired) electrons. The van der Waals surface area contributed by atoms with E-state index in [0.29, 0.717) is 0 Å². The molecule has 0 fully saturated rings. The molecule has 0 saturated heterocycles. The predicted molar refractivity (Wildman–Crippen MR) is 146 cm³/mol. The molecule has 160 valence electrons. The molecule has 4 aromatic rings. The minimum Gasteiger partial charge on any atom is -0.0919 e. The summed E-state index contributed by atoms with van der Waals surface area (Å²) in [6.45, 7) is 7.42. The molecule has 0 aliphatic rings. The molecule has 0 aliphatic heterocycles. The highest BCUT2D eigenvalue weighted by molar-refractivity contribution is 7.24. The van der Waals surface area contributed by atoms with Gasteiger partial charge in [-0.05, 0) is 6.42 Å². The Morgan fingerprint density at radius 2 is 0.750 bits per heavy atom. The van der Waals surface area contributed by atoms with E-state index >= 15 is 0 Å². The van der Waals surface area contributed by atoms with E-state index < -0.39 is 16.1 Å². The highest BCUT2D eigenvalue weighted by Gasteiger charge is 2.47. The second-order valence-electron chi connectivity index (χ2n) is 8.74. The lowest BCUT2D eigenvalue weighted by Gasteiger charge is -2.42. The van der Waals surface area contributed by atoms with Crippen molar-refractivity contribution in [3.05, 3.63) is 132 Å².